The summed E-state index contributed by atoms with van der Waals surface area (Å²) >= 11 is 0. The Morgan fingerprint density at radius 1 is 0.455 bits per heavy atom. The predicted molar refractivity (Wildman–Crippen MR) is 180 cm³/mol. The normalized spacial score (nSPS) is 11.6. The number of furan rings is 1. The summed E-state index contributed by atoms with van der Waals surface area (Å²) in [7, 11) is 0. The van der Waals surface area contributed by atoms with Crippen LogP contribution in [0.1, 0.15) is 0 Å². The van der Waals surface area contributed by atoms with Crippen LogP contribution in [0.15, 0.2) is 156 Å². The summed E-state index contributed by atoms with van der Waals surface area (Å²) in [6.45, 7) is 0. The zero-order valence-corrected chi connectivity index (χ0v) is 23.7. The predicted octanol–water partition coefficient (Wildman–Crippen LogP) is 10.5. The van der Waals surface area contributed by atoms with Crippen molar-refractivity contribution < 1.29 is 4.42 Å². The van der Waals surface area contributed by atoms with Crippen LogP contribution in [0.5, 0.6) is 0 Å². The van der Waals surface area contributed by atoms with Crippen LogP contribution >= 0.6 is 0 Å². The quantitative estimate of drug-likeness (QED) is 0.214. The molecule has 3 heterocycles. The fourth-order valence-electron chi connectivity index (χ4n) is 6.39. The molecule has 0 amide bonds. The lowest BCUT2D eigenvalue weighted by atomic mass is 10.0. The molecule has 206 valence electrons. The van der Waals surface area contributed by atoms with E-state index in [1.54, 1.807) is 0 Å². The van der Waals surface area contributed by atoms with Gasteiger partial charge in [0.1, 0.15) is 5.58 Å². The van der Waals surface area contributed by atoms with Crippen LogP contribution in [-0.4, -0.2) is 14.5 Å². The molecule has 6 aromatic carbocycles. The molecule has 44 heavy (non-hydrogen) atoms. The van der Waals surface area contributed by atoms with Gasteiger partial charge in [-0.3, -0.25) is 0 Å². The van der Waals surface area contributed by atoms with Crippen molar-refractivity contribution in [3.05, 3.63) is 152 Å². The highest BCUT2D eigenvalue weighted by atomic mass is 16.3. The second kappa shape index (κ2) is 9.79. The molecule has 0 saturated heterocycles. The molecule has 0 radical (unpaired) electrons. The number of nitrogens with zero attached hydrogens (tertiary/aromatic N) is 3. The first kappa shape index (κ1) is 24.6. The van der Waals surface area contributed by atoms with E-state index >= 15 is 0 Å². The smallest absolute Gasteiger partial charge is 0.231 e. The van der Waals surface area contributed by atoms with Gasteiger partial charge in [-0.2, -0.15) is 4.98 Å². The Hall–Kier alpha value is -6.00. The number of para-hydroxylation sites is 1. The summed E-state index contributed by atoms with van der Waals surface area (Å²) in [4.78, 5) is 10.1. The maximum Gasteiger partial charge on any atom is 0.231 e. The molecule has 9 rings (SSSR count). The number of benzene rings is 6. The van der Waals surface area contributed by atoms with Gasteiger partial charge in [0.05, 0.1) is 22.1 Å². The average Bonchev–Trinajstić information content (AvgIpc) is 3.62. The van der Waals surface area contributed by atoms with Crippen LogP contribution in [0.4, 0.5) is 0 Å². The highest BCUT2D eigenvalue weighted by Gasteiger charge is 2.21. The SMILES string of the molecule is c1ccc(-c2cccc(-n3c4ccccc4c4cc5c(cc43)oc3nc(-c4ccccc4)nc(-c4ccccc4)c35)c2)cc1. The highest BCUT2D eigenvalue weighted by Crippen LogP contribution is 2.41. The van der Waals surface area contributed by atoms with Crippen molar-refractivity contribution in [3.8, 4) is 39.5 Å². The third kappa shape index (κ3) is 3.85. The van der Waals surface area contributed by atoms with E-state index in [1.807, 2.05) is 48.5 Å². The van der Waals surface area contributed by atoms with Gasteiger partial charge in [0.15, 0.2) is 5.82 Å². The topological polar surface area (TPSA) is 43.9 Å². The molecule has 0 atom stereocenters. The number of hydrogen-bond donors (Lipinski definition) is 0. The molecule has 0 saturated carbocycles. The first-order chi connectivity index (χ1) is 21.8. The molecule has 0 bridgehead atoms. The van der Waals surface area contributed by atoms with Gasteiger partial charge >= 0.3 is 0 Å². The van der Waals surface area contributed by atoms with Gasteiger partial charge in [-0.25, -0.2) is 4.98 Å². The molecule has 3 aromatic heterocycles. The van der Waals surface area contributed by atoms with Crippen LogP contribution in [-0.2, 0) is 0 Å². The van der Waals surface area contributed by atoms with Crippen LogP contribution in [0.25, 0.3) is 83.3 Å². The number of aromatic nitrogens is 3. The highest BCUT2D eigenvalue weighted by molar-refractivity contribution is 6.19. The molecular weight excluding hydrogens is 538 g/mol. The summed E-state index contributed by atoms with van der Waals surface area (Å²) in [5, 5.41) is 4.28. The molecule has 0 N–H and O–H groups in total. The lowest BCUT2D eigenvalue weighted by Crippen LogP contribution is -1.94. The van der Waals surface area contributed by atoms with Crippen molar-refractivity contribution in [3.63, 3.8) is 0 Å². The maximum absolute atomic E-state index is 6.60. The van der Waals surface area contributed by atoms with Crippen molar-refractivity contribution in [1.82, 2.24) is 14.5 Å². The summed E-state index contributed by atoms with van der Waals surface area (Å²) in [5.41, 5.74) is 9.92. The number of fused-ring (bicyclic) bond motifs is 6. The van der Waals surface area contributed by atoms with Crippen LogP contribution in [0, 0.1) is 0 Å². The molecule has 0 aliphatic heterocycles. The van der Waals surface area contributed by atoms with Gasteiger partial charge in [-0.1, -0.05) is 121 Å². The zero-order valence-electron chi connectivity index (χ0n) is 23.7. The monoisotopic (exact) mass is 563 g/mol. The lowest BCUT2D eigenvalue weighted by Gasteiger charge is -2.10. The molecule has 0 fully saturated rings. The summed E-state index contributed by atoms with van der Waals surface area (Å²) in [6.07, 6.45) is 0. The lowest BCUT2D eigenvalue weighted by molar-refractivity contribution is 0.654. The number of rotatable bonds is 4. The van der Waals surface area contributed by atoms with Crippen molar-refractivity contribution in [2.45, 2.75) is 0 Å². The maximum atomic E-state index is 6.60. The minimum absolute atomic E-state index is 0.585. The first-order valence-corrected chi connectivity index (χ1v) is 14.8. The van der Waals surface area contributed by atoms with E-state index in [1.165, 1.54) is 16.5 Å². The summed E-state index contributed by atoms with van der Waals surface area (Å²) < 4.78 is 8.94. The Morgan fingerprint density at radius 2 is 1.11 bits per heavy atom. The minimum Gasteiger partial charge on any atom is -0.437 e. The van der Waals surface area contributed by atoms with E-state index in [2.05, 4.69) is 108 Å². The van der Waals surface area contributed by atoms with Gasteiger partial charge in [0.2, 0.25) is 5.71 Å². The second-order valence-electron chi connectivity index (χ2n) is 11.0. The van der Waals surface area contributed by atoms with E-state index in [9.17, 15) is 0 Å². The summed E-state index contributed by atoms with van der Waals surface area (Å²) in [5.74, 6) is 0.647. The second-order valence-corrected chi connectivity index (χ2v) is 11.0. The molecule has 0 aliphatic rings. The van der Waals surface area contributed by atoms with Crippen LogP contribution in [0.3, 0.4) is 0 Å². The molecule has 0 aliphatic carbocycles. The van der Waals surface area contributed by atoms with E-state index in [0.717, 1.165) is 55.3 Å². The van der Waals surface area contributed by atoms with Gasteiger partial charge in [0, 0.05) is 39.0 Å². The van der Waals surface area contributed by atoms with Crippen LogP contribution in [0.2, 0.25) is 0 Å². The number of hydrogen-bond acceptors (Lipinski definition) is 3. The minimum atomic E-state index is 0.585. The molecule has 4 nitrogen and oxygen atoms in total. The fraction of sp³-hybridized carbons (Fsp3) is 0. The van der Waals surface area contributed by atoms with Crippen LogP contribution < -0.4 is 0 Å². The molecular formula is C40H25N3O. The van der Waals surface area contributed by atoms with E-state index in [-0.39, 0.29) is 0 Å². The van der Waals surface area contributed by atoms with Crippen molar-refractivity contribution in [1.29, 1.82) is 0 Å². The molecule has 4 heteroatoms. The van der Waals surface area contributed by atoms with E-state index in [4.69, 9.17) is 14.4 Å². The Labute approximate surface area is 253 Å². The average molecular weight is 564 g/mol. The third-order valence-electron chi connectivity index (χ3n) is 8.42. The van der Waals surface area contributed by atoms with Crippen molar-refractivity contribution in [2.24, 2.45) is 0 Å². The largest absolute Gasteiger partial charge is 0.437 e. The molecule has 0 unspecified atom stereocenters. The zero-order chi connectivity index (χ0) is 29.0. The third-order valence-corrected chi connectivity index (χ3v) is 8.42. The Kier molecular flexibility index (Phi) is 5.47. The molecule has 9 aromatic rings. The van der Waals surface area contributed by atoms with E-state index in [0.29, 0.717) is 11.5 Å². The standard InChI is InChI=1S/C40H25N3O/c1-4-13-26(14-5-1)29-19-12-20-30(23-29)43-34-22-11-10-21-31(34)32-24-33-36(25-35(32)43)44-40-37(33)38(27-15-6-2-7-16-27)41-39(42-40)28-17-8-3-9-18-28/h1-25H. The Bertz CT molecular complexity index is 2480. The first-order valence-electron chi connectivity index (χ1n) is 14.8. The van der Waals surface area contributed by atoms with Gasteiger partial charge in [-0.15, -0.1) is 0 Å². The summed E-state index contributed by atoms with van der Waals surface area (Å²) in [6, 6.07) is 52.7. The van der Waals surface area contributed by atoms with Gasteiger partial charge < -0.3 is 8.98 Å². The molecule has 0 spiro atoms. The van der Waals surface area contributed by atoms with E-state index < -0.39 is 0 Å². The van der Waals surface area contributed by atoms with Crippen molar-refractivity contribution >= 4 is 43.9 Å². The Morgan fingerprint density at radius 3 is 1.89 bits per heavy atom. The fourth-order valence-corrected chi connectivity index (χ4v) is 6.39. The van der Waals surface area contributed by atoms with Crippen molar-refractivity contribution in [2.75, 3.05) is 0 Å². The van der Waals surface area contributed by atoms with Gasteiger partial charge in [0.25, 0.3) is 0 Å². The van der Waals surface area contributed by atoms with Gasteiger partial charge in [-0.05, 0) is 35.4 Å². The Balaban J connectivity index is 1.35.